The molecule has 6 nitrogen and oxygen atoms in total. The standard InChI is InChI=1S/C18H21N3O3/c1-13-6-7-17(19-11-13)24-16-8-9-21(12-16)18(22)20-14-4-3-5-15(10-14)23-2/h3-7,10-11,16H,8-9,12H2,1-2H3,(H,20,22). The number of nitrogens with zero attached hydrogens (tertiary/aromatic N) is 2. The van der Waals surface area contributed by atoms with Crippen LogP contribution in [0.5, 0.6) is 11.6 Å². The number of aryl methyl sites for hydroxylation is 1. The van der Waals surface area contributed by atoms with E-state index in [1.54, 1.807) is 24.3 Å². The third kappa shape index (κ3) is 3.95. The monoisotopic (exact) mass is 327 g/mol. The fourth-order valence-corrected chi connectivity index (χ4v) is 2.61. The van der Waals surface area contributed by atoms with Crippen molar-refractivity contribution in [3.8, 4) is 11.6 Å². The average molecular weight is 327 g/mol. The van der Waals surface area contributed by atoms with Crippen LogP contribution in [0.4, 0.5) is 10.5 Å². The minimum atomic E-state index is -0.133. The van der Waals surface area contributed by atoms with Crippen molar-refractivity contribution < 1.29 is 14.3 Å². The molecule has 1 atom stereocenters. The summed E-state index contributed by atoms with van der Waals surface area (Å²) in [5.41, 5.74) is 1.80. The van der Waals surface area contributed by atoms with Crippen LogP contribution in [0.1, 0.15) is 12.0 Å². The Labute approximate surface area is 141 Å². The molecule has 1 unspecified atom stereocenters. The number of hydrogen-bond acceptors (Lipinski definition) is 4. The Kier molecular flexibility index (Phi) is 4.84. The van der Waals surface area contributed by atoms with Crippen LogP contribution < -0.4 is 14.8 Å². The van der Waals surface area contributed by atoms with Crippen LogP contribution in [0.2, 0.25) is 0 Å². The third-order valence-electron chi connectivity index (χ3n) is 3.92. The summed E-state index contributed by atoms with van der Waals surface area (Å²) in [6.45, 7) is 3.19. The first-order valence-electron chi connectivity index (χ1n) is 7.93. The van der Waals surface area contributed by atoms with Crippen molar-refractivity contribution in [3.05, 3.63) is 48.2 Å². The SMILES string of the molecule is COc1cccc(NC(=O)N2CCC(Oc3ccc(C)cn3)C2)c1. The van der Waals surface area contributed by atoms with Gasteiger partial charge in [-0.2, -0.15) is 0 Å². The van der Waals surface area contributed by atoms with Gasteiger partial charge in [0.1, 0.15) is 11.9 Å². The Morgan fingerprint density at radius 3 is 2.96 bits per heavy atom. The van der Waals surface area contributed by atoms with Gasteiger partial charge in [0.2, 0.25) is 5.88 Å². The Morgan fingerprint density at radius 1 is 1.33 bits per heavy atom. The van der Waals surface area contributed by atoms with Crippen molar-refractivity contribution in [2.24, 2.45) is 0 Å². The van der Waals surface area contributed by atoms with Gasteiger partial charge in [0.25, 0.3) is 0 Å². The Balaban J connectivity index is 1.54. The minimum Gasteiger partial charge on any atom is -0.497 e. The van der Waals surface area contributed by atoms with E-state index in [-0.39, 0.29) is 12.1 Å². The number of likely N-dealkylation sites (tertiary alicyclic amines) is 1. The van der Waals surface area contributed by atoms with Gasteiger partial charge in [0, 0.05) is 37.0 Å². The smallest absolute Gasteiger partial charge is 0.321 e. The molecule has 2 amide bonds. The van der Waals surface area contributed by atoms with Crippen LogP contribution in [0.15, 0.2) is 42.6 Å². The molecule has 1 N–H and O–H groups in total. The van der Waals surface area contributed by atoms with Crippen LogP contribution in [-0.2, 0) is 0 Å². The summed E-state index contributed by atoms with van der Waals surface area (Å²) in [5, 5.41) is 2.89. The predicted molar refractivity (Wildman–Crippen MR) is 91.6 cm³/mol. The molecule has 1 aliphatic heterocycles. The molecule has 6 heteroatoms. The zero-order chi connectivity index (χ0) is 16.9. The lowest BCUT2D eigenvalue weighted by molar-refractivity contribution is 0.190. The number of carbonyl (C=O) groups excluding carboxylic acids is 1. The summed E-state index contributed by atoms with van der Waals surface area (Å²) in [6, 6.07) is 11.0. The maximum atomic E-state index is 12.4. The Morgan fingerprint density at radius 2 is 2.21 bits per heavy atom. The Hall–Kier alpha value is -2.76. The minimum absolute atomic E-state index is 0.0312. The fourth-order valence-electron chi connectivity index (χ4n) is 2.61. The second-order valence-electron chi connectivity index (χ2n) is 5.81. The number of anilines is 1. The number of carbonyl (C=O) groups is 1. The number of rotatable bonds is 4. The number of amides is 2. The van der Waals surface area contributed by atoms with Crippen molar-refractivity contribution in [2.75, 3.05) is 25.5 Å². The summed E-state index contributed by atoms with van der Waals surface area (Å²) in [7, 11) is 1.60. The van der Waals surface area contributed by atoms with E-state index in [0.717, 1.165) is 12.0 Å². The highest BCUT2D eigenvalue weighted by molar-refractivity contribution is 5.89. The van der Waals surface area contributed by atoms with Gasteiger partial charge in [-0.05, 0) is 24.6 Å². The summed E-state index contributed by atoms with van der Waals surface area (Å²) in [4.78, 5) is 18.4. The molecule has 0 bridgehead atoms. The molecule has 1 saturated heterocycles. The van der Waals surface area contributed by atoms with Crippen molar-refractivity contribution in [1.29, 1.82) is 0 Å². The molecule has 1 aromatic heterocycles. The zero-order valence-electron chi connectivity index (χ0n) is 13.9. The highest BCUT2D eigenvalue weighted by Crippen LogP contribution is 2.20. The molecule has 1 fully saturated rings. The number of pyridine rings is 1. The average Bonchev–Trinajstić information content (AvgIpc) is 3.06. The van der Waals surface area contributed by atoms with Gasteiger partial charge in [0.15, 0.2) is 0 Å². The van der Waals surface area contributed by atoms with Gasteiger partial charge in [-0.1, -0.05) is 12.1 Å². The second kappa shape index (κ2) is 7.21. The molecule has 2 heterocycles. The maximum Gasteiger partial charge on any atom is 0.321 e. The molecule has 0 aliphatic carbocycles. The summed E-state index contributed by atoms with van der Waals surface area (Å²) in [5.74, 6) is 1.31. The van der Waals surface area contributed by atoms with E-state index >= 15 is 0 Å². The van der Waals surface area contributed by atoms with E-state index in [0.29, 0.717) is 30.4 Å². The van der Waals surface area contributed by atoms with E-state index in [1.165, 1.54) is 0 Å². The number of aromatic nitrogens is 1. The molecule has 0 saturated carbocycles. The predicted octanol–water partition coefficient (Wildman–Crippen LogP) is 3.08. The quantitative estimate of drug-likeness (QED) is 0.937. The number of ether oxygens (including phenoxy) is 2. The first-order valence-corrected chi connectivity index (χ1v) is 7.93. The molecular formula is C18H21N3O3. The lowest BCUT2D eigenvalue weighted by atomic mass is 10.3. The molecular weight excluding hydrogens is 306 g/mol. The van der Waals surface area contributed by atoms with Gasteiger partial charge in [0.05, 0.1) is 13.7 Å². The van der Waals surface area contributed by atoms with E-state index < -0.39 is 0 Å². The van der Waals surface area contributed by atoms with Gasteiger partial charge in [-0.25, -0.2) is 9.78 Å². The fraction of sp³-hybridized carbons (Fsp3) is 0.333. The molecule has 1 aliphatic rings. The normalized spacial score (nSPS) is 16.8. The number of methoxy groups -OCH3 is 1. The van der Waals surface area contributed by atoms with Gasteiger partial charge >= 0.3 is 6.03 Å². The van der Waals surface area contributed by atoms with Crippen LogP contribution >= 0.6 is 0 Å². The van der Waals surface area contributed by atoms with Gasteiger partial charge < -0.3 is 19.7 Å². The number of hydrogen-bond donors (Lipinski definition) is 1. The summed E-state index contributed by atoms with van der Waals surface area (Å²) >= 11 is 0. The zero-order valence-corrected chi connectivity index (χ0v) is 13.9. The van der Waals surface area contributed by atoms with Crippen LogP contribution in [0.3, 0.4) is 0 Å². The first-order chi connectivity index (χ1) is 11.6. The van der Waals surface area contributed by atoms with E-state index in [1.807, 2.05) is 37.3 Å². The van der Waals surface area contributed by atoms with E-state index in [4.69, 9.17) is 9.47 Å². The van der Waals surface area contributed by atoms with Crippen LogP contribution in [0.25, 0.3) is 0 Å². The molecule has 24 heavy (non-hydrogen) atoms. The van der Waals surface area contributed by atoms with Crippen molar-refractivity contribution in [1.82, 2.24) is 9.88 Å². The van der Waals surface area contributed by atoms with Gasteiger partial charge in [-0.15, -0.1) is 0 Å². The summed E-state index contributed by atoms with van der Waals surface area (Å²) < 4.78 is 11.0. The Bertz CT molecular complexity index is 703. The first kappa shape index (κ1) is 16.1. The molecule has 1 aromatic carbocycles. The lowest BCUT2D eigenvalue weighted by Crippen LogP contribution is -2.34. The largest absolute Gasteiger partial charge is 0.497 e. The molecule has 0 radical (unpaired) electrons. The highest BCUT2D eigenvalue weighted by Gasteiger charge is 2.28. The van der Waals surface area contributed by atoms with E-state index in [2.05, 4.69) is 10.3 Å². The van der Waals surface area contributed by atoms with Gasteiger partial charge in [-0.3, -0.25) is 0 Å². The molecule has 126 valence electrons. The highest BCUT2D eigenvalue weighted by atomic mass is 16.5. The third-order valence-corrected chi connectivity index (χ3v) is 3.92. The van der Waals surface area contributed by atoms with Crippen molar-refractivity contribution in [2.45, 2.75) is 19.4 Å². The molecule has 0 spiro atoms. The molecule has 3 rings (SSSR count). The maximum absolute atomic E-state index is 12.4. The van der Waals surface area contributed by atoms with E-state index in [9.17, 15) is 4.79 Å². The summed E-state index contributed by atoms with van der Waals surface area (Å²) in [6.07, 6.45) is 2.54. The van der Waals surface area contributed by atoms with Crippen molar-refractivity contribution >= 4 is 11.7 Å². The van der Waals surface area contributed by atoms with Crippen molar-refractivity contribution in [3.63, 3.8) is 0 Å². The van der Waals surface area contributed by atoms with Crippen LogP contribution in [0, 0.1) is 6.92 Å². The second-order valence-corrected chi connectivity index (χ2v) is 5.81. The number of nitrogens with one attached hydrogen (secondary N) is 1. The van der Waals surface area contributed by atoms with Crippen LogP contribution in [-0.4, -0.2) is 42.2 Å². The lowest BCUT2D eigenvalue weighted by Gasteiger charge is -2.18. The molecule has 2 aromatic rings. The number of urea groups is 1. The topological polar surface area (TPSA) is 63.7 Å². The number of benzene rings is 1.